The lowest BCUT2D eigenvalue weighted by Crippen LogP contribution is -2.03. The highest BCUT2D eigenvalue weighted by atomic mass is 32.1. The van der Waals surface area contributed by atoms with Crippen molar-refractivity contribution in [2.45, 2.75) is 33.3 Å². The molecule has 1 N–H and O–H groups in total. The number of aryl methyl sites for hydroxylation is 2. The Morgan fingerprint density at radius 2 is 2.30 bits per heavy atom. The maximum absolute atomic E-state index is 11.2. The molecule has 0 aromatic carbocycles. The third kappa shape index (κ3) is 3.36. The molecule has 2 heterocycles. The van der Waals surface area contributed by atoms with E-state index in [-0.39, 0.29) is 11.5 Å². The van der Waals surface area contributed by atoms with Gasteiger partial charge in [-0.1, -0.05) is 19.4 Å². The molecule has 0 aliphatic heterocycles. The number of thiophene rings is 1. The Labute approximate surface area is 122 Å². The zero-order valence-corrected chi connectivity index (χ0v) is 12.4. The third-order valence-corrected chi connectivity index (χ3v) is 4.09. The molecule has 0 amide bonds. The summed E-state index contributed by atoms with van der Waals surface area (Å²) in [6.07, 6.45) is 3.56. The van der Waals surface area contributed by atoms with Gasteiger partial charge < -0.3 is 9.84 Å². The van der Waals surface area contributed by atoms with E-state index in [2.05, 4.69) is 11.9 Å². The molecule has 0 unspecified atom stereocenters. The highest BCUT2D eigenvalue weighted by molar-refractivity contribution is 7.14. The molecule has 0 atom stereocenters. The molecule has 0 bridgehead atoms. The number of aromatic nitrogens is 1. The van der Waals surface area contributed by atoms with E-state index in [0.29, 0.717) is 5.75 Å². The van der Waals surface area contributed by atoms with Gasteiger partial charge in [-0.05, 0) is 31.0 Å². The van der Waals surface area contributed by atoms with Crippen LogP contribution in [0.25, 0.3) is 0 Å². The first-order valence-electron chi connectivity index (χ1n) is 6.51. The number of carbonyl (C=O) groups is 1. The Hall–Kier alpha value is -1.88. The van der Waals surface area contributed by atoms with Crippen molar-refractivity contribution in [1.82, 2.24) is 4.98 Å². The molecular formula is C15H17NO3S. The van der Waals surface area contributed by atoms with Gasteiger partial charge in [0.1, 0.15) is 12.4 Å². The largest absolute Gasteiger partial charge is 0.485 e. The van der Waals surface area contributed by atoms with Gasteiger partial charge in [0.25, 0.3) is 0 Å². The summed E-state index contributed by atoms with van der Waals surface area (Å²) in [6, 6.07) is 5.65. The van der Waals surface area contributed by atoms with Crippen molar-refractivity contribution in [2.24, 2.45) is 0 Å². The van der Waals surface area contributed by atoms with Crippen LogP contribution >= 0.6 is 11.3 Å². The summed E-state index contributed by atoms with van der Waals surface area (Å²) in [5.74, 6) is -0.499. The van der Waals surface area contributed by atoms with Gasteiger partial charge >= 0.3 is 5.97 Å². The Bertz CT molecular complexity index is 607. The third-order valence-electron chi connectivity index (χ3n) is 2.92. The maximum Gasteiger partial charge on any atom is 0.349 e. The van der Waals surface area contributed by atoms with Crippen molar-refractivity contribution in [3.63, 3.8) is 0 Å². The van der Waals surface area contributed by atoms with Crippen LogP contribution in [0.15, 0.2) is 24.4 Å². The van der Waals surface area contributed by atoms with Gasteiger partial charge in [0.2, 0.25) is 0 Å². The average Bonchev–Trinajstić information content (AvgIpc) is 2.82. The first-order chi connectivity index (χ1) is 9.61. The number of hydrogen-bond donors (Lipinski definition) is 1. The number of carboxylic acid groups (broad SMARTS) is 1. The Morgan fingerprint density at radius 3 is 2.95 bits per heavy atom. The summed E-state index contributed by atoms with van der Waals surface area (Å²) in [5, 5.41) is 9.21. The Kier molecular flexibility index (Phi) is 4.74. The number of hydrogen-bond acceptors (Lipinski definition) is 4. The smallest absolute Gasteiger partial charge is 0.349 e. The zero-order chi connectivity index (χ0) is 14.5. The van der Waals surface area contributed by atoms with E-state index in [1.165, 1.54) is 11.3 Å². The van der Waals surface area contributed by atoms with Crippen LogP contribution in [0.3, 0.4) is 0 Å². The Balaban J connectivity index is 2.16. The first kappa shape index (κ1) is 14.5. The number of carboxylic acids is 1. The number of rotatable bonds is 6. The molecule has 20 heavy (non-hydrogen) atoms. The summed E-state index contributed by atoms with van der Waals surface area (Å²) >= 11 is 1.29. The number of nitrogens with zero attached hydrogens (tertiary/aromatic N) is 1. The molecule has 5 heteroatoms. The maximum atomic E-state index is 11.2. The van der Waals surface area contributed by atoms with Crippen molar-refractivity contribution < 1.29 is 14.6 Å². The highest BCUT2D eigenvalue weighted by Gasteiger charge is 2.17. The molecule has 0 aliphatic carbocycles. The molecule has 2 aromatic rings. The van der Waals surface area contributed by atoms with E-state index in [1.54, 1.807) is 6.20 Å². The topological polar surface area (TPSA) is 59.4 Å². The van der Waals surface area contributed by atoms with Crippen LogP contribution in [0.2, 0.25) is 0 Å². The van der Waals surface area contributed by atoms with Gasteiger partial charge in [0.15, 0.2) is 4.88 Å². The van der Waals surface area contributed by atoms with Crippen molar-refractivity contribution in [2.75, 3.05) is 0 Å². The molecule has 0 saturated heterocycles. The fourth-order valence-corrected chi connectivity index (χ4v) is 2.90. The van der Waals surface area contributed by atoms with Crippen LogP contribution in [0.5, 0.6) is 5.75 Å². The number of pyridine rings is 1. The lowest BCUT2D eigenvalue weighted by molar-refractivity contribution is 0.0697. The van der Waals surface area contributed by atoms with Crippen molar-refractivity contribution >= 4 is 17.3 Å². The minimum absolute atomic E-state index is 0.266. The molecule has 0 fully saturated rings. The van der Waals surface area contributed by atoms with Crippen LogP contribution in [-0.2, 0) is 13.0 Å². The van der Waals surface area contributed by atoms with Crippen LogP contribution in [0.4, 0.5) is 0 Å². The van der Waals surface area contributed by atoms with E-state index in [1.807, 2.05) is 25.1 Å². The van der Waals surface area contributed by atoms with Crippen LogP contribution in [0.1, 0.15) is 39.2 Å². The standard InChI is InChI=1S/C15H17NO3S/c1-3-5-11-8-13(14(20-11)15(17)18)19-9-12-10(2)6-4-7-16-12/h4,6-8H,3,5,9H2,1-2H3,(H,17,18). The van der Waals surface area contributed by atoms with E-state index >= 15 is 0 Å². The predicted octanol–water partition coefficient (Wildman–Crippen LogP) is 3.68. The van der Waals surface area contributed by atoms with Gasteiger partial charge in [-0.25, -0.2) is 4.79 Å². The number of ether oxygens (including phenoxy) is 1. The molecular weight excluding hydrogens is 274 g/mol. The Morgan fingerprint density at radius 1 is 1.50 bits per heavy atom. The van der Waals surface area contributed by atoms with Gasteiger partial charge in [-0.2, -0.15) is 0 Å². The summed E-state index contributed by atoms with van der Waals surface area (Å²) in [4.78, 5) is 16.8. The second-order valence-electron chi connectivity index (χ2n) is 4.52. The molecule has 0 aliphatic rings. The van der Waals surface area contributed by atoms with Gasteiger partial charge in [0, 0.05) is 11.1 Å². The normalized spacial score (nSPS) is 10.5. The number of aromatic carboxylic acids is 1. The molecule has 0 radical (unpaired) electrons. The molecule has 4 nitrogen and oxygen atoms in total. The second-order valence-corrected chi connectivity index (χ2v) is 5.65. The minimum atomic E-state index is -0.940. The van der Waals surface area contributed by atoms with E-state index in [9.17, 15) is 9.90 Å². The highest BCUT2D eigenvalue weighted by Crippen LogP contribution is 2.31. The molecule has 2 rings (SSSR count). The van der Waals surface area contributed by atoms with Gasteiger partial charge in [0.05, 0.1) is 5.69 Å². The second kappa shape index (κ2) is 6.52. The van der Waals surface area contributed by atoms with Crippen molar-refractivity contribution in [1.29, 1.82) is 0 Å². The fourth-order valence-electron chi connectivity index (χ4n) is 1.86. The molecule has 106 valence electrons. The summed E-state index contributed by atoms with van der Waals surface area (Å²) in [6.45, 7) is 4.31. The lowest BCUT2D eigenvalue weighted by atomic mass is 10.2. The van der Waals surface area contributed by atoms with Crippen LogP contribution < -0.4 is 4.74 Å². The zero-order valence-electron chi connectivity index (χ0n) is 11.5. The predicted molar refractivity (Wildman–Crippen MR) is 78.6 cm³/mol. The molecule has 0 spiro atoms. The fraction of sp³-hybridized carbons (Fsp3) is 0.333. The van der Waals surface area contributed by atoms with Crippen molar-refractivity contribution in [3.8, 4) is 5.75 Å². The van der Waals surface area contributed by atoms with Crippen LogP contribution in [-0.4, -0.2) is 16.1 Å². The van der Waals surface area contributed by atoms with E-state index < -0.39 is 5.97 Å². The SMILES string of the molecule is CCCc1cc(OCc2ncccc2C)c(C(=O)O)s1. The average molecular weight is 291 g/mol. The first-order valence-corrected chi connectivity index (χ1v) is 7.32. The van der Waals surface area contributed by atoms with E-state index in [4.69, 9.17) is 4.74 Å². The minimum Gasteiger partial charge on any atom is -0.485 e. The van der Waals surface area contributed by atoms with Crippen molar-refractivity contribution in [3.05, 3.63) is 45.4 Å². The van der Waals surface area contributed by atoms with Gasteiger partial charge in [-0.3, -0.25) is 4.98 Å². The van der Waals surface area contributed by atoms with E-state index in [0.717, 1.165) is 29.0 Å². The summed E-state index contributed by atoms with van der Waals surface area (Å²) in [7, 11) is 0. The lowest BCUT2D eigenvalue weighted by Gasteiger charge is -2.06. The summed E-state index contributed by atoms with van der Waals surface area (Å²) in [5.41, 5.74) is 1.86. The quantitative estimate of drug-likeness (QED) is 0.882. The summed E-state index contributed by atoms with van der Waals surface area (Å²) < 4.78 is 5.66. The molecule has 0 saturated carbocycles. The molecule has 2 aromatic heterocycles. The van der Waals surface area contributed by atoms with Gasteiger partial charge in [-0.15, -0.1) is 11.3 Å². The van der Waals surface area contributed by atoms with Crippen LogP contribution in [0, 0.1) is 6.92 Å². The monoisotopic (exact) mass is 291 g/mol.